The Kier molecular flexibility index (Phi) is 4.60. The first-order valence-electron chi connectivity index (χ1n) is 8.79. The van der Waals surface area contributed by atoms with Gasteiger partial charge in [0.2, 0.25) is 5.91 Å². The smallest absolute Gasteiger partial charge is 0.317 e. The van der Waals surface area contributed by atoms with E-state index in [9.17, 15) is 14.4 Å². The number of carbonyl (C=O) groups is 1. The van der Waals surface area contributed by atoms with E-state index in [-0.39, 0.29) is 12.5 Å². The van der Waals surface area contributed by atoms with Crippen molar-refractivity contribution in [3.05, 3.63) is 99.6 Å². The Balaban J connectivity index is 1.67. The molecule has 0 atom stereocenters. The van der Waals surface area contributed by atoms with Gasteiger partial charge in [-0.1, -0.05) is 60.7 Å². The predicted octanol–water partition coefficient (Wildman–Crippen LogP) is 3.00. The van der Waals surface area contributed by atoms with Crippen molar-refractivity contribution in [1.29, 1.82) is 0 Å². The molecule has 0 saturated heterocycles. The van der Waals surface area contributed by atoms with Gasteiger partial charge >= 0.3 is 11.1 Å². The molecular formula is C22H17N3O3. The van der Waals surface area contributed by atoms with Gasteiger partial charge in [-0.3, -0.25) is 19.0 Å². The molecule has 2 N–H and O–H groups in total. The van der Waals surface area contributed by atoms with Crippen LogP contribution in [-0.2, 0) is 11.3 Å². The van der Waals surface area contributed by atoms with Crippen LogP contribution in [0, 0.1) is 0 Å². The van der Waals surface area contributed by atoms with Gasteiger partial charge in [-0.2, -0.15) is 0 Å². The molecule has 4 rings (SSSR count). The Morgan fingerprint density at radius 1 is 0.857 bits per heavy atom. The number of amides is 1. The van der Waals surface area contributed by atoms with Crippen molar-refractivity contribution in [2.24, 2.45) is 0 Å². The molecule has 1 amide bonds. The number of nitrogens with zero attached hydrogens (tertiary/aromatic N) is 1. The largest absolute Gasteiger partial charge is 0.324 e. The molecule has 6 heteroatoms. The highest BCUT2D eigenvalue weighted by molar-refractivity contribution is 5.95. The number of fused-ring (bicyclic) bond motifs is 1. The lowest BCUT2D eigenvalue weighted by molar-refractivity contribution is -0.116. The van der Waals surface area contributed by atoms with Gasteiger partial charge in [-0.25, -0.2) is 0 Å². The van der Waals surface area contributed by atoms with Crippen molar-refractivity contribution in [2.75, 3.05) is 5.32 Å². The maximum absolute atomic E-state index is 12.7. The number of rotatable bonds is 4. The van der Waals surface area contributed by atoms with E-state index in [1.165, 1.54) is 4.57 Å². The van der Waals surface area contributed by atoms with Gasteiger partial charge in [0.25, 0.3) is 0 Å². The first-order valence-corrected chi connectivity index (χ1v) is 8.79. The summed E-state index contributed by atoms with van der Waals surface area (Å²) >= 11 is 0. The summed E-state index contributed by atoms with van der Waals surface area (Å²) in [4.78, 5) is 39.4. The average molecular weight is 371 g/mol. The minimum absolute atomic E-state index is 0.258. The van der Waals surface area contributed by atoms with Gasteiger partial charge < -0.3 is 10.3 Å². The number of hydrogen-bond donors (Lipinski definition) is 2. The van der Waals surface area contributed by atoms with Gasteiger partial charge in [0, 0.05) is 11.3 Å². The molecule has 0 spiro atoms. The number of anilines is 1. The normalized spacial score (nSPS) is 10.7. The monoisotopic (exact) mass is 371 g/mol. The molecule has 0 aliphatic heterocycles. The van der Waals surface area contributed by atoms with Crippen molar-refractivity contribution in [3.63, 3.8) is 0 Å². The SMILES string of the molecule is O=C(Cn1c(=O)c(=O)[nH]c2ccccc21)Nc1ccccc1-c1ccccc1. The summed E-state index contributed by atoms with van der Waals surface area (Å²) in [7, 11) is 0. The van der Waals surface area contributed by atoms with Crippen LogP contribution in [0.15, 0.2) is 88.5 Å². The Morgan fingerprint density at radius 3 is 2.36 bits per heavy atom. The molecule has 6 nitrogen and oxygen atoms in total. The van der Waals surface area contributed by atoms with Gasteiger partial charge in [-0.15, -0.1) is 0 Å². The molecule has 0 radical (unpaired) electrons. The molecule has 0 aliphatic carbocycles. The number of aromatic nitrogens is 2. The van der Waals surface area contributed by atoms with Gasteiger partial charge in [0.05, 0.1) is 11.0 Å². The highest BCUT2D eigenvalue weighted by atomic mass is 16.2. The third-order valence-electron chi connectivity index (χ3n) is 4.47. The molecule has 0 aliphatic rings. The van der Waals surface area contributed by atoms with E-state index < -0.39 is 11.1 Å². The van der Waals surface area contributed by atoms with Crippen LogP contribution >= 0.6 is 0 Å². The number of carbonyl (C=O) groups excluding carboxylic acids is 1. The maximum Gasteiger partial charge on any atom is 0.317 e. The molecule has 0 bridgehead atoms. The number of para-hydroxylation sites is 3. The van der Waals surface area contributed by atoms with E-state index in [0.717, 1.165) is 11.1 Å². The van der Waals surface area contributed by atoms with Crippen molar-refractivity contribution in [2.45, 2.75) is 6.54 Å². The third kappa shape index (κ3) is 3.35. The zero-order valence-corrected chi connectivity index (χ0v) is 14.9. The van der Waals surface area contributed by atoms with Crippen LogP contribution in [0.5, 0.6) is 0 Å². The summed E-state index contributed by atoms with van der Waals surface area (Å²) in [5.41, 5.74) is 1.97. The minimum Gasteiger partial charge on any atom is -0.324 e. The quantitative estimate of drug-likeness (QED) is 0.541. The summed E-state index contributed by atoms with van der Waals surface area (Å²) < 4.78 is 1.19. The number of hydrogen-bond acceptors (Lipinski definition) is 3. The third-order valence-corrected chi connectivity index (χ3v) is 4.47. The molecule has 4 aromatic rings. The van der Waals surface area contributed by atoms with Crippen LogP contribution in [0.3, 0.4) is 0 Å². The fourth-order valence-corrected chi connectivity index (χ4v) is 3.17. The fourth-order valence-electron chi connectivity index (χ4n) is 3.17. The highest BCUT2D eigenvalue weighted by Gasteiger charge is 2.13. The van der Waals surface area contributed by atoms with E-state index in [1.807, 2.05) is 48.5 Å². The molecule has 138 valence electrons. The van der Waals surface area contributed by atoms with E-state index >= 15 is 0 Å². The molecule has 3 aromatic carbocycles. The fraction of sp³-hybridized carbons (Fsp3) is 0.0455. The van der Waals surface area contributed by atoms with E-state index in [0.29, 0.717) is 16.7 Å². The molecular weight excluding hydrogens is 354 g/mol. The Labute approximate surface area is 160 Å². The lowest BCUT2D eigenvalue weighted by Crippen LogP contribution is -2.38. The second kappa shape index (κ2) is 7.36. The Hall–Kier alpha value is -3.93. The maximum atomic E-state index is 12.7. The van der Waals surface area contributed by atoms with Crippen LogP contribution < -0.4 is 16.4 Å². The lowest BCUT2D eigenvalue weighted by Gasteiger charge is -2.13. The van der Waals surface area contributed by atoms with Gasteiger partial charge in [-0.05, 0) is 23.8 Å². The topological polar surface area (TPSA) is 84.0 Å². The minimum atomic E-state index is -0.759. The molecule has 0 saturated carbocycles. The molecule has 28 heavy (non-hydrogen) atoms. The lowest BCUT2D eigenvalue weighted by atomic mass is 10.0. The van der Waals surface area contributed by atoms with Crippen LogP contribution in [0.2, 0.25) is 0 Å². The summed E-state index contributed by atoms with van der Waals surface area (Å²) in [5.74, 6) is -0.388. The number of aromatic amines is 1. The van der Waals surface area contributed by atoms with Gasteiger partial charge in [0.1, 0.15) is 6.54 Å². The van der Waals surface area contributed by atoms with E-state index in [2.05, 4.69) is 10.3 Å². The van der Waals surface area contributed by atoms with E-state index in [1.54, 1.807) is 30.3 Å². The molecule has 1 aromatic heterocycles. The summed E-state index contributed by atoms with van der Waals surface area (Å²) in [6, 6.07) is 24.0. The number of benzene rings is 3. The second-order valence-electron chi connectivity index (χ2n) is 6.32. The molecule has 0 unspecified atom stereocenters. The standard InChI is InChI=1S/C22H17N3O3/c26-20(14-25-19-13-7-6-12-18(19)24-21(27)22(25)28)23-17-11-5-4-10-16(17)15-8-2-1-3-9-15/h1-13H,14H2,(H,23,26)(H,24,27). The summed E-state index contributed by atoms with van der Waals surface area (Å²) in [6.45, 7) is -0.258. The summed E-state index contributed by atoms with van der Waals surface area (Å²) in [6.07, 6.45) is 0. The van der Waals surface area contributed by atoms with Crippen LogP contribution in [0.4, 0.5) is 5.69 Å². The predicted molar refractivity (Wildman–Crippen MR) is 109 cm³/mol. The zero-order chi connectivity index (χ0) is 19.5. The van der Waals surface area contributed by atoms with Crippen LogP contribution in [0.25, 0.3) is 22.2 Å². The average Bonchev–Trinajstić information content (AvgIpc) is 2.72. The first kappa shape index (κ1) is 17.5. The molecule has 1 heterocycles. The Bertz CT molecular complexity index is 1270. The summed E-state index contributed by atoms with van der Waals surface area (Å²) in [5, 5.41) is 2.86. The van der Waals surface area contributed by atoms with Crippen LogP contribution in [0.1, 0.15) is 0 Å². The van der Waals surface area contributed by atoms with E-state index in [4.69, 9.17) is 0 Å². The number of nitrogens with one attached hydrogen (secondary N) is 2. The number of H-pyrrole nitrogens is 1. The second-order valence-corrected chi connectivity index (χ2v) is 6.32. The van der Waals surface area contributed by atoms with Crippen molar-refractivity contribution in [1.82, 2.24) is 9.55 Å². The Morgan fingerprint density at radius 2 is 1.54 bits per heavy atom. The molecule has 0 fully saturated rings. The van der Waals surface area contributed by atoms with Crippen molar-refractivity contribution < 1.29 is 4.79 Å². The van der Waals surface area contributed by atoms with Crippen molar-refractivity contribution >= 4 is 22.6 Å². The van der Waals surface area contributed by atoms with Crippen molar-refractivity contribution in [3.8, 4) is 11.1 Å². The highest BCUT2D eigenvalue weighted by Crippen LogP contribution is 2.27. The zero-order valence-electron chi connectivity index (χ0n) is 14.9. The van der Waals surface area contributed by atoms with Crippen LogP contribution in [-0.4, -0.2) is 15.5 Å². The first-order chi connectivity index (χ1) is 13.6. The van der Waals surface area contributed by atoms with Gasteiger partial charge in [0.15, 0.2) is 0 Å².